The third kappa shape index (κ3) is 2.42. The summed E-state index contributed by atoms with van der Waals surface area (Å²) in [6, 6.07) is 20.3. The van der Waals surface area contributed by atoms with Crippen molar-refractivity contribution in [2.45, 2.75) is 0 Å². The second kappa shape index (κ2) is 6.40. The second-order valence-electron chi connectivity index (χ2n) is 6.01. The average molecular weight is 406 g/mol. The highest BCUT2D eigenvalue weighted by molar-refractivity contribution is 9.10. The first-order valence-electron chi connectivity index (χ1n) is 8.15. The highest BCUT2D eigenvalue weighted by atomic mass is 79.9. The van der Waals surface area contributed by atoms with Gasteiger partial charge in [-0.15, -0.1) is 0 Å². The molecule has 0 aliphatic rings. The quantitative estimate of drug-likeness (QED) is 0.465. The zero-order valence-corrected chi connectivity index (χ0v) is 16.0. The summed E-state index contributed by atoms with van der Waals surface area (Å²) in [6.07, 6.45) is 1.99. The smallest absolute Gasteiger partial charge is 0.119 e. The van der Waals surface area contributed by atoms with Crippen LogP contribution in [-0.2, 0) is 7.05 Å². The fraction of sp³-hybridized carbons (Fsp3) is 0.0952. The first-order valence-corrected chi connectivity index (χ1v) is 8.94. The third-order valence-electron chi connectivity index (χ3n) is 4.57. The van der Waals surface area contributed by atoms with Crippen molar-refractivity contribution in [1.29, 1.82) is 5.26 Å². The molecule has 4 aromatic rings. The first-order chi connectivity index (χ1) is 12.7. The highest BCUT2D eigenvalue weighted by Crippen LogP contribution is 2.39. The number of fused-ring (bicyclic) bond motifs is 1. The van der Waals surface area contributed by atoms with Crippen LogP contribution in [0.3, 0.4) is 0 Å². The van der Waals surface area contributed by atoms with Crippen molar-refractivity contribution in [3.8, 4) is 28.9 Å². The van der Waals surface area contributed by atoms with Crippen LogP contribution in [0.1, 0.15) is 5.56 Å². The lowest BCUT2D eigenvalue weighted by Gasteiger charge is -2.14. The molecule has 2 aromatic carbocycles. The van der Waals surface area contributed by atoms with E-state index in [4.69, 9.17) is 4.74 Å². The number of halogens is 1. The minimum Gasteiger partial charge on any atom is -0.497 e. The third-order valence-corrected chi connectivity index (χ3v) is 5.24. The number of nitriles is 1. The van der Waals surface area contributed by atoms with Gasteiger partial charge >= 0.3 is 0 Å². The molecule has 4 rings (SSSR count). The molecule has 2 aromatic heterocycles. The summed E-state index contributed by atoms with van der Waals surface area (Å²) >= 11 is 3.66. The molecule has 128 valence electrons. The maximum Gasteiger partial charge on any atom is 0.119 e. The van der Waals surface area contributed by atoms with E-state index >= 15 is 0 Å². The molecule has 0 radical (unpaired) electrons. The fourth-order valence-corrected chi connectivity index (χ4v) is 3.81. The number of hydrogen-bond donors (Lipinski definition) is 0. The summed E-state index contributed by atoms with van der Waals surface area (Å²) in [4.78, 5) is 0. The predicted octanol–water partition coefficient (Wildman–Crippen LogP) is 5.28. The van der Waals surface area contributed by atoms with E-state index in [1.165, 1.54) is 0 Å². The van der Waals surface area contributed by atoms with Gasteiger partial charge in [0.05, 0.1) is 35.3 Å². The lowest BCUT2D eigenvalue weighted by Crippen LogP contribution is -2.01. The molecular weight excluding hydrogens is 390 g/mol. The van der Waals surface area contributed by atoms with Gasteiger partial charge in [-0.1, -0.05) is 12.1 Å². The molecule has 0 saturated heterocycles. The van der Waals surface area contributed by atoms with Crippen molar-refractivity contribution in [1.82, 2.24) is 9.13 Å². The maximum atomic E-state index is 9.97. The van der Waals surface area contributed by atoms with Crippen LogP contribution in [0.25, 0.3) is 28.0 Å². The molecule has 2 heterocycles. The zero-order chi connectivity index (χ0) is 18.3. The van der Waals surface area contributed by atoms with Crippen LogP contribution in [0.5, 0.6) is 5.75 Å². The molecule has 4 nitrogen and oxygen atoms in total. The maximum absolute atomic E-state index is 9.97. The van der Waals surface area contributed by atoms with E-state index in [0.717, 1.165) is 38.2 Å². The SMILES string of the molecule is COc1ccc2c(c1)c(C#N)c(-c1cccn1C)n2-c1ccccc1Br. The standard InChI is InChI=1S/C21H16BrN3O/c1-24-11-5-8-20(24)21-16(13-23)15-12-14(26-2)9-10-18(15)25(21)19-7-4-3-6-17(19)22/h3-12H,1-2H3. The minimum atomic E-state index is 0.636. The van der Waals surface area contributed by atoms with Crippen LogP contribution in [0.4, 0.5) is 0 Å². The molecule has 0 atom stereocenters. The van der Waals surface area contributed by atoms with Crippen LogP contribution in [0.15, 0.2) is 65.3 Å². The van der Waals surface area contributed by atoms with Crippen molar-refractivity contribution in [3.63, 3.8) is 0 Å². The van der Waals surface area contributed by atoms with E-state index in [2.05, 4.69) is 26.6 Å². The molecule has 26 heavy (non-hydrogen) atoms. The zero-order valence-electron chi connectivity index (χ0n) is 14.4. The van der Waals surface area contributed by atoms with Crippen LogP contribution >= 0.6 is 15.9 Å². The van der Waals surface area contributed by atoms with Gasteiger partial charge in [0.1, 0.15) is 11.8 Å². The monoisotopic (exact) mass is 405 g/mol. The molecular formula is C21H16BrN3O. The summed E-state index contributed by atoms with van der Waals surface area (Å²) in [6.45, 7) is 0. The number of rotatable bonds is 3. The number of ether oxygens (including phenoxy) is 1. The Morgan fingerprint density at radius 3 is 2.54 bits per heavy atom. The molecule has 0 amide bonds. The minimum absolute atomic E-state index is 0.636. The van der Waals surface area contributed by atoms with Crippen molar-refractivity contribution in [2.24, 2.45) is 7.05 Å². The summed E-state index contributed by atoms with van der Waals surface area (Å²) in [5.41, 5.74) is 4.44. The van der Waals surface area contributed by atoms with Gasteiger partial charge < -0.3 is 13.9 Å². The van der Waals surface area contributed by atoms with E-state index < -0.39 is 0 Å². The van der Waals surface area contributed by atoms with E-state index in [0.29, 0.717) is 5.56 Å². The number of hydrogen-bond acceptors (Lipinski definition) is 2. The summed E-state index contributed by atoms with van der Waals surface area (Å²) in [5, 5.41) is 10.8. The van der Waals surface area contributed by atoms with Gasteiger partial charge in [0, 0.05) is 23.1 Å². The van der Waals surface area contributed by atoms with Crippen molar-refractivity contribution in [2.75, 3.05) is 7.11 Å². The number of aryl methyl sites for hydroxylation is 1. The summed E-state index contributed by atoms with van der Waals surface area (Å²) in [5.74, 6) is 0.733. The van der Waals surface area contributed by atoms with Crippen LogP contribution in [0.2, 0.25) is 0 Å². The second-order valence-corrected chi connectivity index (χ2v) is 6.86. The van der Waals surface area contributed by atoms with Gasteiger partial charge in [0.15, 0.2) is 0 Å². The Morgan fingerprint density at radius 1 is 1.08 bits per heavy atom. The van der Waals surface area contributed by atoms with Gasteiger partial charge in [0.25, 0.3) is 0 Å². The number of nitrogens with zero attached hydrogens (tertiary/aromatic N) is 3. The van der Waals surface area contributed by atoms with Crippen molar-refractivity contribution in [3.05, 3.63) is 70.8 Å². The number of benzene rings is 2. The molecule has 0 unspecified atom stereocenters. The average Bonchev–Trinajstić information content (AvgIpc) is 3.21. The number of methoxy groups -OCH3 is 1. The largest absolute Gasteiger partial charge is 0.497 e. The van der Waals surface area contributed by atoms with Crippen LogP contribution in [0, 0.1) is 11.3 Å². The summed E-state index contributed by atoms with van der Waals surface area (Å²) < 4.78 is 10.5. The molecule has 0 N–H and O–H groups in total. The van der Waals surface area contributed by atoms with Gasteiger partial charge in [-0.25, -0.2) is 0 Å². The number of aromatic nitrogens is 2. The van der Waals surface area contributed by atoms with E-state index in [1.54, 1.807) is 7.11 Å². The topological polar surface area (TPSA) is 42.9 Å². The van der Waals surface area contributed by atoms with Gasteiger partial charge in [-0.2, -0.15) is 5.26 Å². The Kier molecular flexibility index (Phi) is 4.06. The molecule has 0 bridgehead atoms. The Labute approximate surface area is 160 Å². The van der Waals surface area contributed by atoms with Crippen LogP contribution < -0.4 is 4.74 Å². The van der Waals surface area contributed by atoms with E-state index in [9.17, 15) is 5.26 Å². The Bertz CT molecular complexity index is 1160. The lowest BCUT2D eigenvalue weighted by molar-refractivity contribution is 0.415. The summed E-state index contributed by atoms with van der Waals surface area (Å²) in [7, 11) is 3.62. The van der Waals surface area contributed by atoms with Crippen molar-refractivity contribution >= 4 is 26.8 Å². The Hall–Kier alpha value is -2.97. The molecule has 0 saturated carbocycles. The fourth-order valence-electron chi connectivity index (χ4n) is 3.34. The molecule has 0 aliphatic carbocycles. The van der Waals surface area contributed by atoms with Crippen LogP contribution in [-0.4, -0.2) is 16.2 Å². The first kappa shape index (κ1) is 16.5. The van der Waals surface area contributed by atoms with Gasteiger partial charge in [-0.05, 0) is 58.4 Å². The van der Waals surface area contributed by atoms with E-state index in [-0.39, 0.29) is 0 Å². The molecule has 0 spiro atoms. The molecule has 5 heteroatoms. The number of para-hydroxylation sites is 1. The van der Waals surface area contributed by atoms with Gasteiger partial charge in [0.2, 0.25) is 0 Å². The van der Waals surface area contributed by atoms with Crippen molar-refractivity contribution < 1.29 is 4.74 Å². The normalized spacial score (nSPS) is 10.8. The Morgan fingerprint density at radius 2 is 1.88 bits per heavy atom. The molecule has 0 fully saturated rings. The predicted molar refractivity (Wildman–Crippen MR) is 107 cm³/mol. The molecule has 0 aliphatic heterocycles. The van der Waals surface area contributed by atoms with E-state index in [1.807, 2.05) is 72.4 Å². The highest BCUT2D eigenvalue weighted by Gasteiger charge is 2.22. The Balaban J connectivity index is 2.20. The lowest BCUT2D eigenvalue weighted by atomic mass is 10.1. The van der Waals surface area contributed by atoms with Gasteiger partial charge in [-0.3, -0.25) is 0 Å².